The lowest BCUT2D eigenvalue weighted by atomic mass is 10.1. The molecule has 0 aromatic heterocycles. The van der Waals surface area contributed by atoms with Crippen molar-refractivity contribution < 1.29 is 19.1 Å². The van der Waals surface area contributed by atoms with Crippen molar-refractivity contribution in [3.8, 4) is 0 Å². The number of nitrogens with one attached hydrogen (secondary N) is 2. The molecule has 2 rings (SSSR count). The summed E-state index contributed by atoms with van der Waals surface area (Å²) in [5, 5.41) is 0. The van der Waals surface area contributed by atoms with Crippen molar-refractivity contribution >= 4 is 17.7 Å². The lowest BCUT2D eigenvalue weighted by Gasteiger charge is -2.15. The molecule has 0 bridgehead atoms. The quantitative estimate of drug-likeness (QED) is 0.556. The number of imide groups is 1. The van der Waals surface area contributed by atoms with Crippen LogP contribution in [0, 0.1) is 0 Å². The summed E-state index contributed by atoms with van der Waals surface area (Å²) in [6, 6.07) is 6.47. The SMILES string of the molecule is CCc1ccc(C(=O)NN[C@H]2CC(=O)N(CCOC)C2=O)cc1. The number of rotatable bonds is 7. The van der Waals surface area contributed by atoms with Crippen molar-refractivity contribution in [1.29, 1.82) is 0 Å². The van der Waals surface area contributed by atoms with E-state index in [0.29, 0.717) is 12.2 Å². The third-order valence-electron chi connectivity index (χ3n) is 3.75. The van der Waals surface area contributed by atoms with Gasteiger partial charge in [0.2, 0.25) is 11.8 Å². The van der Waals surface area contributed by atoms with Crippen molar-refractivity contribution in [2.45, 2.75) is 25.8 Å². The minimum Gasteiger partial charge on any atom is -0.383 e. The van der Waals surface area contributed by atoms with Gasteiger partial charge in [-0.3, -0.25) is 24.7 Å². The fourth-order valence-electron chi connectivity index (χ4n) is 2.33. The molecule has 1 atom stereocenters. The molecular weight excluding hydrogens is 298 g/mol. The van der Waals surface area contributed by atoms with Crippen molar-refractivity contribution in [1.82, 2.24) is 15.8 Å². The Kier molecular flexibility index (Phi) is 5.84. The molecule has 3 amide bonds. The molecule has 1 aromatic carbocycles. The Morgan fingerprint density at radius 3 is 2.61 bits per heavy atom. The Morgan fingerprint density at radius 1 is 1.30 bits per heavy atom. The molecule has 1 aliphatic rings. The zero-order chi connectivity index (χ0) is 16.8. The van der Waals surface area contributed by atoms with E-state index in [1.807, 2.05) is 19.1 Å². The largest absolute Gasteiger partial charge is 0.383 e. The first-order valence-corrected chi connectivity index (χ1v) is 7.54. The van der Waals surface area contributed by atoms with Crippen molar-refractivity contribution in [3.05, 3.63) is 35.4 Å². The molecule has 1 aliphatic heterocycles. The Morgan fingerprint density at radius 2 is 2.00 bits per heavy atom. The number of hydrazine groups is 1. The summed E-state index contributed by atoms with van der Waals surface area (Å²) in [7, 11) is 1.50. The van der Waals surface area contributed by atoms with E-state index in [4.69, 9.17) is 4.74 Å². The standard InChI is InChI=1S/C16H21N3O4/c1-3-11-4-6-12(7-5-11)15(21)18-17-13-10-14(20)19(16(13)22)8-9-23-2/h4-7,13,17H,3,8-10H2,1-2H3,(H,18,21)/t13-/m0/s1. The number of carbonyl (C=O) groups excluding carboxylic acids is 3. The third-order valence-corrected chi connectivity index (χ3v) is 3.75. The molecular formula is C16H21N3O4. The van der Waals surface area contributed by atoms with E-state index in [2.05, 4.69) is 10.9 Å². The van der Waals surface area contributed by atoms with Crippen LogP contribution in [0.5, 0.6) is 0 Å². The number of likely N-dealkylation sites (tertiary alicyclic amines) is 1. The highest BCUT2D eigenvalue weighted by atomic mass is 16.5. The first-order valence-electron chi connectivity index (χ1n) is 7.54. The van der Waals surface area contributed by atoms with Crippen molar-refractivity contribution in [2.24, 2.45) is 0 Å². The highest BCUT2D eigenvalue weighted by molar-refractivity contribution is 6.05. The van der Waals surface area contributed by atoms with Crippen LogP contribution in [0.1, 0.15) is 29.3 Å². The normalized spacial score (nSPS) is 17.7. The molecule has 2 N–H and O–H groups in total. The molecule has 0 radical (unpaired) electrons. The van der Waals surface area contributed by atoms with Crippen LogP contribution in [0.15, 0.2) is 24.3 Å². The third kappa shape index (κ3) is 4.14. The van der Waals surface area contributed by atoms with Gasteiger partial charge in [0.05, 0.1) is 19.6 Å². The Balaban J connectivity index is 1.88. The number of nitrogens with zero attached hydrogens (tertiary/aromatic N) is 1. The minimum absolute atomic E-state index is 0.0254. The van der Waals surface area contributed by atoms with E-state index >= 15 is 0 Å². The molecule has 7 heteroatoms. The maximum absolute atomic E-state index is 12.1. The van der Waals surface area contributed by atoms with Crippen LogP contribution in [0.4, 0.5) is 0 Å². The second-order valence-corrected chi connectivity index (χ2v) is 5.28. The van der Waals surface area contributed by atoms with Crippen LogP contribution in [0.25, 0.3) is 0 Å². The number of ether oxygens (including phenoxy) is 1. The summed E-state index contributed by atoms with van der Waals surface area (Å²) < 4.78 is 4.87. The summed E-state index contributed by atoms with van der Waals surface area (Å²) in [5.74, 6) is -0.969. The van der Waals surface area contributed by atoms with Gasteiger partial charge in [-0.2, -0.15) is 0 Å². The van der Waals surface area contributed by atoms with E-state index in [0.717, 1.165) is 16.9 Å². The topological polar surface area (TPSA) is 87.7 Å². The van der Waals surface area contributed by atoms with Crippen LogP contribution in [0.3, 0.4) is 0 Å². The van der Waals surface area contributed by atoms with Gasteiger partial charge >= 0.3 is 0 Å². The molecule has 124 valence electrons. The number of carbonyl (C=O) groups is 3. The molecule has 1 heterocycles. The van der Waals surface area contributed by atoms with Crippen LogP contribution in [0.2, 0.25) is 0 Å². The smallest absolute Gasteiger partial charge is 0.265 e. The summed E-state index contributed by atoms with van der Waals surface area (Å²) >= 11 is 0. The summed E-state index contributed by atoms with van der Waals surface area (Å²) in [4.78, 5) is 37.1. The van der Waals surface area contributed by atoms with E-state index in [1.54, 1.807) is 12.1 Å². The van der Waals surface area contributed by atoms with Crippen LogP contribution < -0.4 is 10.9 Å². The maximum Gasteiger partial charge on any atom is 0.265 e. The number of methoxy groups -OCH3 is 1. The number of aryl methyl sites for hydroxylation is 1. The van der Waals surface area contributed by atoms with Crippen LogP contribution in [-0.4, -0.2) is 48.9 Å². The average Bonchev–Trinajstić information content (AvgIpc) is 2.84. The van der Waals surface area contributed by atoms with Crippen molar-refractivity contribution in [2.75, 3.05) is 20.3 Å². The molecule has 0 unspecified atom stereocenters. The van der Waals surface area contributed by atoms with Crippen molar-refractivity contribution in [3.63, 3.8) is 0 Å². The number of benzene rings is 1. The van der Waals surface area contributed by atoms with Gasteiger partial charge in [0, 0.05) is 12.7 Å². The molecule has 7 nitrogen and oxygen atoms in total. The van der Waals surface area contributed by atoms with Gasteiger partial charge in [0.1, 0.15) is 6.04 Å². The van der Waals surface area contributed by atoms with Gasteiger partial charge in [0.25, 0.3) is 5.91 Å². The highest BCUT2D eigenvalue weighted by Crippen LogP contribution is 2.12. The molecule has 0 spiro atoms. The molecule has 0 saturated carbocycles. The molecule has 1 aromatic rings. The fourth-order valence-corrected chi connectivity index (χ4v) is 2.33. The van der Waals surface area contributed by atoms with Gasteiger partial charge < -0.3 is 4.74 Å². The molecule has 0 aliphatic carbocycles. The Bertz CT molecular complexity index is 585. The zero-order valence-corrected chi connectivity index (χ0v) is 13.3. The summed E-state index contributed by atoms with van der Waals surface area (Å²) in [6.07, 6.45) is 0.924. The highest BCUT2D eigenvalue weighted by Gasteiger charge is 2.38. The Labute approximate surface area is 135 Å². The van der Waals surface area contributed by atoms with E-state index in [-0.39, 0.29) is 30.7 Å². The van der Waals surface area contributed by atoms with Gasteiger partial charge in [0.15, 0.2) is 0 Å². The monoisotopic (exact) mass is 319 g/mol. The molecule has 23 heavy (non-hydrogen) atoms. The van der Waals surface area contributed by atoms with E-state index in [1.165, 1.54) is 7.11 Å². The minimum atomic E-state index is -0.738. The second-order valence-electron chi connectivity index (χ2n) is 5.28. The van der Waals surface area contributed by atoms with Gasteiger partial charge in [-0.15, -0.1) is 0 Å². The summed E-state index contributed by atoms with van der Waals surface area (Å²) in [5.41, 5.74) is 6.76. The van der Waals surface area contributed by atoms with Crippen LogP contribution >= 0.6 is 0 Å². The number of amides is 3. The second kappa shape index (κ2) is 7.85. The molecule has 1 fully saturated rings. The average molecular weight is 319 g/mol. The van der Waals surface area contributed by atoms with Crippen LogP contribution in [-0.2, 0) is 20.7 Å². The predicted molar refractivity (Wildman–Crippen MR) is 83.4 cm³/mol. The maximum atomic E-state index is 12.1. The molecule has 1 saturated heterocycles. The van der Waals surface area contributed by atoms with E-state index < -0.39 is 6.04 Å². The zero-order valence-electron chi connectivity index (χ0n) is 13.3. The lowest BCUT2D eigenvalue weighted by molar-refractivity contribution is -0.139. The van der Waals surface area contributed by atoms with Gasteiger partial charge in [-0.1, -0.05) is 19.1 Å². The lowest BCUT2D eigenvalue weighted by Crippen LogP contribution is -2.48. The fraction of sp³-hybridized carbons (Fsp3) is 0.438. The first-order chi connectivity index (χ1) is 11.1. The Hall–Kier alpha value is -2.25. The van der Waals surface area contributed by atoms with Gasteiger partial charge in [-0.25, -0.2) is 5.43 Å². The first kappa shape index (κ1) is 17.1. The van der Waals surface area contributed by atoms with Gasteiger partial charge in [-0.05, 0) is 24.1 Å². The van der Waals surface area contributed by atoms with E-state index in [9.17, 15) is 14.4 Å². The number of hydrogen-bond acceptors (Lipinski definition) is 5. The summed E-state index contributed by atoms with van der Waals surface area (Å²) in [6.45, 7) is 2.55. The number of hydrogen-bond donors (Lipinski definition) is 2. The predicted octanol–water partition coefficient (Wildman–Crippen LogP) is 0.257.